The smallest absolute Gasteiger partial charge is 0.310 e. The molecule has 0 saturated heterocycles. The van der Waals surface area contributed by atoms with Gasteiger partial charge in [-0.05, 0) is 6.07 Å². The lowest BCUT2D eigenvalue weighted by atomic mass is 10.1. The molecule has 0 aliphatic rings. The molecule has 4 nitrogen and oxygen atoms in total. The van der Waals surface area contributed by atoms with Gasteiger partial charge in [-0.15, -0.1) is 0 Å². The zero-order valence-electron chi connectivity index (χ0n) is 7.15. The van der Waals surface area contributed by atoms with E-state index >= 15 is 0 Å². The molecule has 1 aromatic rings. The highest BCUT2D eigenvalue weighted by molar-refractivity contribution is 5.73. The number of carbonyl (C=O) groups is 1. The molecule has 0 saturated carbocycles. The van der Waals surface area contributed by atoms with Crippen LogP contribution in [-0.2, 0) is 16.0 Å². The van der Waals surface area contributed by atoms with Gasteiger partial charge < -0.3 is 14.9 Å². The van der Waals surface area contributed by atoms with Crippen molar-refractivity contribution in [3.05, 3.63) is 23.8 Å². The summed E-state index contributed by atoms with van der Waals surface area (Å²) >= 11 is 0. The molecule has 0 fully saturated rings. The summed E-state index contributed by atoms with van der Waals surface area (Å²) in [5, 5.41) is 18.2. The predicted molar refractivity (Wildman–Crippen MR) is 45.5 cm³/mol. The van der Waals surface area contributed by atoms with Crippen LogP contribution >= 0.6 is 0 Å². The molecule has 1 rings (SSSR count). The van der Waals surface area contributed by atoms with Gasteiger partial charge in [-0.2, -0.15) is 0 Å². The summed E-state index contributed by atoms with van der Waals surface area (Å²) in [6.45, 7) is 0. The van der Waals surface area contributed by atoms with E-state index in [1.165, 1.54) is 25.3 Å². The van der Waals surface area contributed by atoms with Crippen molar-refractivity contribution in [2.24, 2.45) is 0 Å². The van der Waals surface area contributed by atoms with E-state index in [0.717, 1.165) is 0 Å². The van der Waals surface area contributed by atoms with Crippen molar-refractivity contribution in [3.63, 3.8) is 0 Å². The Morgan fingerprint density at radius 1 is 1.46 bits per heavy atom. The lowest BCUT2D eigenvalue weighted by Crippen LogP contribution is -2.04. The Morgan fingerprint density at radius 2 is 2.15 bits per heavy atom. The number of esters is 1. The molecule has 1 aromatic carbocycles. The first-order chi connectivity index (χ1) is 6.13. The molecule has 13 heavy (non-hydrogen) atoms. The fraction of sp³-hybridized carbons (Fsp3) is 0.222. The molecule has 0 spiro atoms. The molecule has 0 amide bonds. The summed E-state index contributed by atoms with van der Waals surface area (Å²) in [6, 6.07) is 4.05. The highest BCUT2D eigenvalue weighted by Gasteiger charge is 2.07. The molecule has 0 unspecified atom stereocenters. The minimum Gasteiger partial charge on any atom is -0.508 e. The number of phenols is 2. The van der Waals surface area contributed by atoms with E-state index in [2.05, 4.69) is 4.74 Å². The van der Waals surface area contributed by atoms with Crippen LogP contribution in [-0.4, -0.2) is 23.3 Å². The second-order valence-corrected chi connectivity index (χ2v) is 2.57. The summed E-state index contributed by atoms with van der Waals surface area (Å²) in [7, 11) is 1.28. The summed E-state index contributed by atoms with van der Waals surface area (Å²) in [5.41, 5.74) is 0.435. The molecule has 70 valence electrons. The number of aromatic hydroxyl groups is 2. The SMILES string of the molecule is COC(=O)Cc1ccc(O)cc1O. The van der Waals surface area contributed by atoms with Crippen LogP contribution in [0.4, 0.5) is 0 Å². The Morgan fingerprint density at radius 3 is 2.69 bits per heavy atom. The van der Waals surface area contributed by atoms with Crippen LogP contribution in [0.2, 0.25) is 0 Å². The van der Waals surface area contributed by atoms with Gasteiger partial charge in [0.05, 0.1) is 13.5 Å². The standard InChI is InChI=1S/C9H10O4/c1-13-9(12)4-6-2-3-7(10)5-8(6)11/h2-3,5,10-11H,4H2,1H3. The first-order valence-corrected chi connectivity index (χ1v) is 3.71. The highest BCUT2D eigenvalue weighted by Crippen LogP contribution is 2.22. The summed E-state index contributed by atoms with van der Waals surface area (Å²) in [4.78, 5) is 10.8. The number of hydrogen-bond donors (Lipinski definition) is 2. The fourth-order valence-electron chi connectivity index (χ4n) is 0.929. The van der Waals surface area contributed by atoms with Gasteiger partial charge in [-0.3, -0.25) is 4.79 Å². The first kappa shape index (κ1) is 9.38. The van der Waals surface area contributed by atoms with E-state index in [0.29, 0.717) is 5.56 Å². The molecule has 0 aliphatic heterocycles. The lowest BCUT2D eigenvalue weighted by Gasteiger charge is -2.02. The Labute approximate surface area is 75.4 Å². The minimum atomic E-state index is -0.430. The van der Waals surface area contributed by atoms with Crippen LogP contribution in [0.25, 0.3) is 0 Å². The number of benzene rings is 1. The normalized spacial score (nSPS) is 9.62. The van der Waals surface area contributed by atoms with E-state index in [1.807, 2.05) is 0 Å². The molecule has 0 aromatic heterocycles. The van der Waals surface area contributed by atoms with E-state index in [4.69, 9.17) is 5.11 Å². The number of hydrogen-bond acceptors (Lipinski definition) is 4. The van der Waals surface area contributed by atoms with Crippen molar-refractivity contribution in [2.75, 3.05) is 7.11 Å². The summed E-state index contributed by atoms with van der Waals surface area (Å²) in [6.07, 6.45) is 0.00259. The number of ether oxygens (including phenoxy) is 1. The maximum Gasteiger partial charge on any atom is 0.310 e. The Balaban J connectivity index is 2.83. The average Bonchev–Trinajstić information content (AvgIpc) is 2.09. The minimum absolute atomic E-state index is 0.00259. The van der Waals surface area contributed by atoms with Crippen molar-refractivity contribution in [1.82, 2.24) is 0 Å². The molecule has 0 radical (unpaired) electrons. The van der Waals surface area contributed by atoms with E-state index < -0.39 is 5.97 Å². The number of phenolic OH excluding ortho intramolecular Hbond substituents is 2. The molecular weight excluding hydrogens is 172 g/mol. The van der Waals surface area contributed by atoms with E-state index in [-0.39, 0.29) is 17.9 Å². The molecule has 2 N–H and O–H groups in total. The monoisotopic (exact) mass is 182 g/mol. The van der Waals surface area contributed by atoms with Gasteiger partial charge in [0.25, 0.3) is 0 Å². The van der Waals surface area contributed by atoms with Crippen LogP contribution < -0.4 is 0 Å². The predicted octanol–water partition coefficient (Wildman–Crippen LogP) is 0.813. The van der Waals surface area contributed by atoms with Crippen LogP contribution in [0, 0.1) is 0 Å². The Kier molecular flexibility index (Phi) is 2.74. The zero-order chi connectivity index (χ0) is 9.84. The van der Waals surface area contributed by atoms with Gasteiger partial charge in [-0.25, -0.2) is 0 Å². The maximum absolute atomic E-state index is 10.8. The highest BCUT2D eigenvalue weighted by atomic mass is 16.5. The lowest BCUT2D eigenvalue weighted by molar-refractivity contribution is -0.139. The summed E-state index contributed by atoms with van der Waals surface area (Å²) < 4.78 is 4.43. The molecule has 4 heteroatoms. The van der Waals surface area contributed by atoms with Crippen molar-refractivity contribution < 1.29 is 19.7 Å². The maximum atomic E-state index is 10.8. The second kappa shape index (κ2) is 3.80. The third-order valence-electron chi connectivity index (χ3n) is 1.63. The van der Waals surface area contributed by atoms with Crippen molar-refractivity contribution in [2.45, 2.75) is 6.42 Å². The molecular formula is C9H10O4. The van der Waals surface area contributed by atoms with Crippen molar-refractivity contribution >= 4 is 5.97 Å². The number of methoxy groups -OCH3 is 1. The molecule has 0 aliphatic carbocycles. The van der Waals surface area contributed by atoms with Gasteiger partial charge in [-0.1, -0.05) is 6.07 Å². The van der Waals surface area contributed by atoms with Crippen LogP contribution in [0.3, 0.4) is 0 Å². The van der Waals surface area contributed by atoms with Crippen LogP contribution in [0.1, 0.15) is 5.56 Å². The van der Waals surface area contributed by atoms with Gasteiger partial charge in [0, 0.05) is 11.6 Å². The van der Waals surface area contributed by atoms with Gasteiger partial charge in [0.15, 0.2) is 0 Å². The Bertz CT molecular complexity index is 319. The number of rotatable bonds is 2. The quantitative estimate of drug-likeness (QED) is 0.664. The van der Waals surface area contributed by atoms with Gasteiger partial charge in [0.2, 0.25) is 0 Å². The first-order valence-electron chi connectivity index (χ1n) is 3.71. The number of carbonyl (C=O) groups excluding carboxylic acids is 1. The zero-order valence-corrected chi connectivity index (χ0v) is 7.15. The summed E-state index contributed by atoms with van der Waals surface area (Å²) in [5.74, 6) is -0.572. The van der Waals surface area contributed by atoms with Crippen LogP contribution in [0.5, 0.6) is 11.5 Å². The Hall–Kier alpha value is -1.71. The molecule has 0 atom stereocenters. The van der Waals surface area contributed by atoms with Gasteiger partial charge in [0.1, 0.15) is 11.5 Å². The largest absolute Gasteiger partial charge is 0.508 e. The third-order valence-corrected chi connectivity index (χ3v) is 1.63. The average molecular weight is 182 g/mol. The molecule has 0 heterocycles. The topological polar surface area (TPSA) is 66.8 Å². The van der Waals surface area contributed by atoms with E-state index in [1.54, 1.807) is 0 Å². The van der Waals surface area contributed by atoms with Gasteiger partial charge >= 0.3 is 5.97 Å². The van der Waals surface area contributed by atoms with E-state index in [9.17, 15) is 9.90 Å². The third kappa shape index (κ3) is 2.37. The van der Waals surface area contributed by atoms with Crippen molar-refractivity contribution in [3.8, 4) is 11.5 Å². The van der Waals surface area contributed by atoms with Crippen molar-refractivity contribution in [1.29, 1.82) is 0 Å². The molecule has 0 bridgehead atoms. The fourth-order valence-corrected chi connectivity index (χ4v) is 0.929. The second-order valence-electron chi connectivity index (χ2n) is 2.57. The van der Waals surface area contributed by atoms with Crippen LogP contribution in [0.15, 0.2) is 18.2 Å².